The highest BCUT2D eigenvalue weighted by molar-refractivity contribution is 5.92. The van der Waals surface area contributed by atoms with E-state index in [1.54, 1.807) is 0 Å². The summed E-state index contributed by atoms with van der Waals surface area (Å²) >= 11 is 0. The lowest BCUT2D eigenvalue weighted by atomic mass is 10.00. The molecule has 3 aromatic rings. The van der Waals surface area contributed by atoms with Crippen LogP contribution in [0.1, 0.15) is 21.6 Å². The summed E-state index contributed by atoms with van der Waals surface area (Å²) in [5.41, 5.74) is 5.64. The molecule has 0 saturated carbocycles. The number of carbonyl (C=O) groups excluding carboxylic acids is 1. The van der Waals surface area contributed by atoms with Gasteiger partial charge in [0.15, 0.2) is 0 Å². The first kappa shape index (κ1) is 18.7. The van der Waals surface area contributed by atoms with Gasteiger partial charge >= 0.3 is 0 Å². The first-order valence-electron chi connectivity index (χ1n) is 10.6. The molecule has 30 heavy (non-hydrogen) atoms. The molecular formula is C25H26N4O. The standard InChI is InChI=1S/C25H26N4O/c30-25(28-16-14-27(15-17-28)22-8-2-1-3-9-22)24-11-10-23(18-26-24)29-13-12-20-6-4-5-7-21(20)19-29/h1-11,18H,12-17,19H2. The molecule has 0 atom stereocenters. The number of benzene rings is 2. The third-order valence-corrected chi connectivity index (χ3v) is 6.15. The molecule has 0 unspecified atom stereocenters. The SMILES string of the molecule is O=C(c1ccc(N2CCc3ccccc3C2)cn1)N1CCN(c2ccccc2)CC1. The lowest BCUT2D eigenvalue weighted by molar-refractivity contribution is 0.0741. The molecule has 2 aliphatic rings. The monoisotopic (exact) mass is 398 g/mol. The lowest BCUT2D eigenvalue weighted by Gasteiger charge is -2.36. The van der Waals surface area contributed by atoms with Crippen molar-refractivity contribution in [3.05, 3.63) is 89.7 Å². The van der Waals surface area contributed by atoms with E-state index in [1.165, 1.54) is 16.8 Å². The number of nitrogens with zero attached hydrogens (tertiary/aromatic N) is 4. The van der Waals surface area contributed by atoms with Crippen molar-refractivity contribution in [3.63, 3.8) is 0 Å². The number of fused-ring (bicyclic) bond motifs is 1. The van der Waals surface area contributed by atoms with Crippen LogP contribution in [0.3, 0.4) is 0 Å². The fourth-order valence-corrected chi connectivity index (χ4v) is 4.38. The predicted molar refractivity (Wildman–Crippen MR) is 120 cm³/mol. The molecule has 3 heterocycles. The summed E-state index contributed by atoms with van der Waals surface area (Å²) in [6, 6.07) is 22.9. The molecular weight excluding hydrogens is 372 g/mol. The number of anilines is 2. The van der Waals surface area contributed by atoms with Crippen LogP contribution >= 0.6 is 0 Å². The van der Waals surface area contributed by atoms with E-state index < -0.39 is 0 Å². The van der Waals surface area contributed by atoms with Crippen LogP contribution in [0.4, 0.5) is 11.4 Å². The Labute approximate surface area is 177 Å². The molecule has 5 heteroatoms. The minimum absolute atomic E-state index is 0.0262. The lowest BCUT2D eigenvalue weighted by Crippen LogP contribution is -2.49. The average molecular weight is 399 g/mol. The zero-order chi connectivity index (χ0) is 20.3. The van der Waals surface area contributed by atoms with E-state index in [-0.39, 0.29) is 5.91 Å². The Morgan fingerprint density at radius 1 is 0.700 bits per heavy atom. The fraction of sp³-hybridized carbons (Fsp3) is 0.280. The largest absolute Gasteiger partial charge is 0.368 e. The Morgan fingerprint density at radius 2 is 1.43 bits per heavy atom. The molecule has 2 aliphatic heterocycles. The van der Waals surface area contributed by atoms with Gasteiger partial charge in [-0.25, -0.2) is 4.98 Å². The first-order chi connectivity index (χ1) is 14.8. The maximum absolute atomic E-state index is 12.9. The van der Waals surface area contributed by atoms with Gasteiger partial charge in [-0.3, -0.25) is 4.79 Å². The van der Waals surface area contributed by atoms with Crippen molar-refractivity contribution in [2.45, 2.75) is 13.0 Å². The number of hydrogen-bond donors (Lipinski definition) is 0. The van der Waals surface area contributed by atoms with Gasteiger partial charge in [0.25, 0.3) is 5.91 Å². The number of piperazine rings is 1. The van der Waals surface area contributed by atoms with Gasteiger partial charge in [0.1, 0.15) is 5.69 Å². The van der Waals surface area contributed by atoms with Gasteiger partial charge in [-0.1, -0.05) is 42.5 Å². The van der Waals surface area contributed by atoms with Crippen LogP contribution in [0.2, 0.25) is 0 Å². The molecule has 0 N–H and O–H groups in total. The second-order valence-corrected chi connectivity index (χ2v) is 7.96. The minimum Gasteiger partial charge on any atom is -0.368 e. The van der Waals surface area contributed by atoms with Crippen LogP contribution in [-0.4, -0.2) is 48.5 Å². The van der Waals surface area contributed by atoms with E-state index in [9.17, 15) is 4.79 Å². The summed E-state index contributed by atoms with van der Waals surface area (Å²) in [6.45, 7) is 5.02. The Morgan fingerprint density at radius 3 is 2.17 bits per heavy atom. The van der Waals surface area contributed by atoms with Gasteiger partial charge in [0.2, 0.25) is 0 Å². The average Bonchev–Trinajstić information content (AvgIpc) is 2.84. The van der Waals surface area contributed by atoms with E-state index in [0.29, 0.717) is 5.69 Å². The minimum atomic E-state index is 0.0262. The number of rotatable bonds is 3. The molecule has 0 radical (unpaired) electrons. The quantitative estimate of drug-likeness (QED) is 0.676. The zero-order valence-electron chi connectivity index (χ0n) is 17.1. The molecule has 0 aliphatic carbocycles. The maximum Gasteiger partial charge on any atom is 0.272 e. The summed E-state index contributed by atoms with van der Waals surface area (Å²) in [5, 5.41) is 0. The number of amides is 1. The van der Waals surface area contributed by atoms with Crippen molar-refractivity contribution >= 4 is 17.3 Å². The molecule has 0 spiro atoms. The molecule has 1 fully saturated rings. The van der Waals surface area contributed by atoms with Gasteiger partial charge in [0.05, 0.1) is 11.9 Å². The molecule has 1 aromatic heterocycles. The van der Waals surface area contributed by atoms with Gasteiger partial charge in [0, 0.05) is 45.0 Å². The van der Waals surface area contributed by atoms with Crippen molar-refractivity contribution in [2.24, 2.45) is 0 Å². The van der Waals surface area contributed by atoms with Crippen LogP contribution in [-0.2, 0) is 13.0 Å². The Hall–Kier alpha value is -3.34. The number of aromatic nitrogens is 1. The second kappa shape index (κ2) is 8.19. The van der Waals surface area contributed by atoms with Gasteiger partial charge in [-0.15, -0.1) is 0 Å². The summed E-state index contributed by atoms with van der Waals surface area (Å²) in [5.74, 6) is 0.0262. The van der Waals surface area contributed by atoms with Gasteiger partial charge in [-0.2, -0.15) is 0 Å². The second-order valence-electron chi connectivity index (χ2n) is 7.96. The Balaban J connectivity index is 1.21. The van der Waals surface area contributed by atoms with E-state index in [2.05, 4.69) is 63.3 Å². The summed E-state index contributed by atoms with van der Waals surface area (Å²) < 4.78 is 0. The molecule has 5 rings (SSSR count). The smallest absolute Gasteiger partial charge is 0.272 e. The third-order valence-electron chi connectivity index (χ3n) is 6.15. The Bertz CT molecular complexity index is 1010. The maximum atomic E-state index is 12.9. The van der Waals surface area contributed by atoms with Crippen molar-refractivity contribution in [3.8, 4) is 0 Å². The first-order valence-corrected chi connectivity index (χ1v) is 10.6. The molecule has 5 nitrogen and oxygen atoms in total. The predicted octanol–water partition coefficient (Wildman–Crippen LogP) is 3.61. The third kappa shape index (κ3) is 3.75. The van der Waals surface area contributed by atoms with E-state index in [0.717, 1.165) is 51.4 Å². The molecule has 1 saturated heterocycles. The topological polar surface area (TPSA) is 39.7 Å². The molecule has 0 bridgehead atoms. The van der Waals surface area contributed by atoms with Crippen molar-refractivity contribution in [1.29, 1.82) is 0 Å². The number of pyridine rings is 1. The van der Waals surface area contributed by atoms with Gasteiger partial charge < -0.3 is 14.7 Å². The summed E-state index contributed by atoms with van der Waals surface area (Å²) in [4.78, 5) is 24.0. The number of hydrogen-bond acceptors (Lipinski definition) is 4. The molecule has 152 valence electrons. The van der Waals surface area contributed by atoms with Crippen LogP contribution in [0.25, 0.3) is 0 Å². The number of para-hydroxylation sites is 1. The van der Waals surface area contributed by atoms with Crippen molar-refractivity contribution < 1.29 is 4.79 Å². The van der Waals surface area contributed by atoms with E-state index in [4.69, 9.17) is 0 Å². The zero-order valence-corrected chi connectivity index (χ0v) is 17.1. The van der Waals surface area contributed by atoms with E-state index in [1.807, 2.05) is 29.3 Å². The van der Waals surface area contributed by atoms with Crippen LogP contribution in [0.15, 0.2) is 72.9 Å². The summed E-state index contributed by atoms with van der Waals surface area (Å²) in [7, 11) is 0. The van der Waals surface area contributed by atoms with Crippen LogP contribution in [0, 0.1) is 0 Å². The van der Waals surface area contributed by atoms with Gasteiger partial charge in [-0.05, 0) is 41.8 Å². The van der Waals surface area contributed by atoms with E-state index >= 15 is 0 Å². The highest BCUT2D eigenvalue weighted by Crippen LogP contribution is 2.24. The van der Waals surface area contributed by atoms with Crippen molar-refractivity contribution in [1.82, 2.24) is 9.88 Å². The number of carbonyl (C=O) groups is 1. The highest BCUT2D eigenvalue weighted by atomic mass is 16.2. The normalized spacial score (nSPS) is 16.3. The molecule has 2 aromatic carbocycles. The van der Waals surface area contributed by atoms with Crippen LogP contribution in [0.5, 0.6) is 0 Å². The summed E-state index contributed by atoms with van der Waals surface area (Å²) in [6.07, 6.45) is 2.89. The van der Waals surface area contributed by atoms with Crippen molar-refractivity contribution in [2.75, 3.05) is 42.5 Å². The molecule has 1 amide bonds. The van der Waals surface area contributed by atoms with Crippen LogP contribution < -0.4 is 9.80 Å². The fourth-order valence-electron chi connectivity index (χ4n) is 4.38. The Kier molecular flexibility index (Phi) is 5.10. The highest BCUT2D eigenvalue weighted by Gasteiger charge is 2.23.